The fourth-order valence-electron chi connectivity index (χ4n) is 1.79. The van der Waals surface area contributed by atoms with Crippen molar-refractivity contribution in [1.82, 2.24) is 0 Å². The lowest BCUT2D eigenvalue weighted by atomic mass is 10.1. The smallest absolute Gasteiger partial charge is 0.145 e. The lowest BCUT2D eigenvalue weighted by Gasteiger charge is -2.16. The van der Waals surface area contributed by atoms with Crippen LogP contribution >= 0.6 is 11.3 Å². The van der Waals surface area contributed by atoms with Crippen LogP contribution in [0.2, 0.25) is 0 Å². The lowest BCUT2D eigenvalue weighted by molar-refractivity contribution is 0.218. The lowest BCUT2D eigenvalue weighted by Crippen LogP contribution is -2.17. The van der Waals surface area contributed by atoms with Crippen LogP contribution < -0.4 is 10.5 Å². The Hall–Kier alpha value is -1.83. The predicted molar refractivity (Wildman–Crippen MR) is 77.2 cm³/mol. The minimum Gasteiger partial charge on any atom is -0.484 e. The SMILES string of the molecule is Cc1ccc(C(CN)Oc2ccc(CC#N)cc2)s1. The third kappa shape index (κ3) is 3.57. The summed E-state index contributed by atoms with van der Waals surface area (Å²) in [7, 11) is 0. The van der Waals surface area contributed by atoms with Gasteiger partial charge in [-0.2, -0.15) is 5.26 Å². The van der Waals surface area contributed by atoms with Crippen LogP contribution in [-0.2, 0) is 6.42 Å². The molecule has 0 aliphatic heterocycles. The van der Waals surface area contributed by atoms with E-state index in [9.17, 15) is 0 Å². The van der Waals surface area contributed by atoms with Crippen LogP contribution in [0.15, 0.2) is 36.4 Å². The van der Waals surface area contributed by atoms with Gasteiger partial charge in [-0.1, -0.05) is 12.1 Å². The summed E-state index contributed by atoms with van der Waals surface area (Å²) in [6.45, 7) is 2.51. The van der Waals surface area contributed by atoms with Gasteiger partial charge in [0, 0.05) is 16.3 Å². The van der Waals surface area contributed by atoms with E-state index in [4.69, 9.17) is 15.7 Å². The van der Waals surface area contributed by atoms with E-state index < -0.39 is 0 Å². The van der Waals surface area contributed by atoms with Gasteiger partial charge >= 0.3 is 0 Å². The number of ether oxygens (including phenoxy) is 1. The Balaban J connectivity index is 2.08. The monoisotopic (exact) mass is 272 g/mol. The van der Waals surface area contributed by atoms with E-state index in [2.05, 4.69) is 25.1 Å². The predicted octanol–water partition coefficient (Wildman–Crippen LogP) is 3.20. The highest BCUT2D eigenvalue weighted by molar-refractivity contribution is 7.12. The number of rotatable bonds is 5. The highest BCUT2D eigenvalue weighted by atomic mass is 32.1. The van der Waals surface area contributed by atoms with Crippen LogP contribution in [0.1, 0.15) is 21.4 Å². The fourth-order valence-corrected chi connectivity index (χ4v) is 2.71. The molecule has 0 radical (unpaired) electrons. The summed E-state index contributed by atoms with van der Waals surface area (Å²) in [5.41, 5.74) is 6.77. The first-order chi connectivity index (χ1) is 9.22. The van der Waals surface area contributed by atoms with Crippen molar-refractivity contribution in [2.45, 2.75) is 19.4 Å². The van der Waals surface area contributed by atoms with Gasteiger partial charge in [-0.15, -0.1) is 11.3 Å². The summed E-state index contributed by atoms with van der Waals surface area (Å²) < 4.78 is 5.90. The number of nitriles is 1. The number of hydrogen-bond acceptors (Lipinski definition) is 4. The number of nitrogens with two attached hydrogens (primary N) is 1. The molecule has 0 amide bonds. The molecule has 0 bridgehead atoms. The van der Waals surface area contributed by atoms with Crippen LogP contribution in [0.25, 0.3) is 0 Å². The van der Waals surface area contributed by atoms with E-state index in [1.807, 2.05) is 24.3 Å². The minimum absolute atomic E-state index is 0.111. The molecule has 98 valence electrons. The zero-order chi connectivity index (χ0) is 13.7. The number of thiophene rings is 1. The Kier molecular flexibility index (Phi) is 4.56. The largest absolute Gasteiger partial charge is 0.484 e. The van der Waals surface area contributed by atoms with Gasteiger partial charge < -0.3 is 10.5 Å². The normalized spacial score (nSPS) is 11.8. The van der Waals surface area contributed by atoms with Crippen LogP contribution in [0.5, 0.6) is 5.75 Å². The van der Waals surface area contributed by atoms with E-state index in [1.54, 1.807) is 11.3 Å². The maximum atomic E-state index is 8.63. The quantitative estimate of drug-likeness (QED) is 0.909. The van der Waals surface area contributed by atoms with Gasteiger partial charge in [0.2, 0.25) is 0 Å². The number of hydrogen-bond donors (Lipinski definition) is 1. The van der Waals surface area contributed by atoms with Crippen molar-refractivity contribution < 1.29 is 4.74 Å². The zero-order valence-electron chi connectivity index (χ0n) is 10.8. The molecule has 1 heterocycles. The first kappa shape index (κ1) is 13.6. The summed E-state index contributed by atoms with van der Waals surface area (Å²) >= 11 is 1.70. The molecule has 1 aromatic heterocycles. The molecule has 2 rings (SSSR count). The third-order valence-corrected chi connectivity index (χ3v) is 3.87. The standard InChI is InChI=1S/C15H16N2OS/c1-11-2-7-15(19-11)14(10-17)18-13-5-3-12(4-6-13)8-9-16/h2-7,14H,8,10,17H2,1H3. The summed E-state index contributed by atoms with van der Waals surface area (Å²) in [4.78, 5) is 2.39. The van der Waals surface area contributed by atoms with Crippen LogP contribution in [0.3, 0.4) is 0 Å². The minimum atomic E-state index is -0.111. The van der Waals surface area contributed by atoms with Crippen molar-refractivity contribution in [3.8, 4) is 11.8 Å². The van der Waals surface area contributed by atoms with Crippen molar-refractivity contribution in [3.63, 3.8) is 0 Å². The van der Waals surface area contributed by atoms with Crippen molar-refractivity contribution in [1.29, 1.82) is 5.26 Å². The first-order valence-electron chi connectivity index (χ1n) is 6.12. The second-order valence-electron chi connectivity index (χ2n) is 4.27. The molecule has 0 spiro atoms. The van der Waals surface area contributed by atoms with Crippen molar-refractivity contribution in [2.75, 3.05) is 6.54 Å². The van der Waals surface area contributed by atoms with Crippen molar-refractivity contribution in [3.05, 3.63) is 51.7 Å². The third-order valence-electron chi connectivity index (χ3n) is 2.78. The molecule has 0 aliphatic rings. The number of aryl methyl sites for hydroxylation is 1. The molecular weight excluding hydrogens is 256 g/mol. The maximum Gasteiger partial charge on any atom is 0.145 e. The van der Waals surface area contributed by atoms with Crippen LogP contribution in [0, 0.1) is 18.3 Å². The molecule has 2 aromatic rings. The van der Waals surface area contributed by atoms with E-state index in [0.29, 0.717) is 13.0 Å². The van der Waals surface area contributed by atoms with Gasteiger partial charge in [0.15, 0.2) is 0 Å². The summed E-state index contributed by atoms with van der Waals surface area (Å²) in [6.07, 6.45) is 0.311. The Morgan fingerprint density at radius 1 is 1.26 bits per heavy atom. The van der Waals surface area contributed by atoms with E-state index in [1.165, 1.54) is 4.88 Å². The Morgan fingerprint density at radius 3 is 2.53 bits per heavy atom. The second-order valence-corrected chi connectivity index (χ2v) is 5.59. The highest BCUT2D eigenvalue weighted by Crippen LogP contribution is 2.27. The fraction of sp³-hybridized carbons (Fsp3) is 0.267. The number of benzene rings is 1. The average Bonchev–Trinajstić information content (AvgIpc) is 2.85. The van der Waals surface area contributed by atoms with Gasteiger partial charge in [-0.3, -0.25) is 0 Å². The zero-order valence-corrected chi connectivity index (χ0v) is 11.6. The second kappa shape index (κ2) is 6.37. The topological polar surface area (TPSA) is 59.0 Å². The molecule has 0 fully saturated rings. The maximum absolute atomic E-state index is 8.63. The van der Waals surface area contributed by atoms with Gasteiger partial charge in [-0.05, 0) is 36.8 Å². The molecule has 4 heteroatoms. The molecule has 19 heavy (non-hydrogen) atoms. The number of nitrogens with zero attached hydrogens (tertiary/aromatic N) is 1. The van der Waals surface area contributed by atoms with E-state index in [-0.39, 0.29) is 6.10 Å². The van der Waals surface area contributed by atoms with Crippen LogP contribution in [-0.4, -0.2) is 6.54 Å². The molecule has 0 aliphatic carbocycles. The van der Waals surface area contributed by atoms with Gasteiger partial charge in [0.05, 0.1) is 12.5 Å². The van der Waals surface area contributed by atoms with E-state index in [0.717, 1.165) is 16.2 Å². The molecule has 1 atom stereocenters. The van der Waals surface area contributed by atoms with Gasteiger partial charge in [0.25, 0.3) is 0 Å². The molecule has 1 aromatic carbocycles. The van der Waals surface area contributed by atoms with Gasteiger partial charge in [-0.25, -0.2) is 0 Å². The molecule has 3 nitrogen and oxygen atoms in total. The van der Waals surface area contributed by atoms with Crippen molar-refractivity contribution in [2.24, 2.45) is 5.73 Å². The molecule has 1 unspecified atom stereocenters. The summed E-state index contributed by atoms with van der Waals surface area (Å²) in [5.74, 6) is 0.781. The van der Waals surface area contributed by atoms with Crippen LogP contribution in [0.4, 0.5) is 0 Å². The van der Waals surface area contributed by atoms with E-state index >= 15 is 0 Å². The van der Waals surface area contributed by atoms with Crippen molar-refractivity contribution >= 4 is 11.3 Å². The summed E-state index contributed by atoms with van der Waals surface area (Å²) in [5, 5.41) is 8.63. The molecule has 0 saturated carbocycles. The average molecular weight is 272 g/mol. The first-order valence-corrected chi connectivity index (χ1v) is 6.93. The highest BCUT2D eigenvalue weighted by Gasteiger charge is 2.13. The summed E-state index contributed by atoms with van der Waals surface area (Å²) in [6, 6.07) is 13.8. The Labute approximate surface area is 117 Å². The molecular formula is C15H16N2OS. The molecule has 2 N–H and O–H groups in total. The molecule has 0 saturated heterocycles. The Morgan fingerprint density at radius 2 is 2.00 bits per heavy atom. The van der Waals surface area contributed by atoms with Gasteiger partial charge in [0.1, 0.15) is 11.9 Å². The Bertz CT molecular complexity index is 569.